The van der Waals surface area contributed by atoms with E-state index in [0.717, 1.165) is 0 Å². The minimum absolute atomic E-state index is 0.143. The number of methoxy groups -OCH3 is 1. The summed E-state index contributed by atoms with van der Waals surface area (Å²) in [6, 6.07) is 5.09. The van der Waals surface area contributed by atoms with Crippen LogP contribution in [0.1, 0.15) is 23.4 Å². The highest BCUT2D eigenvalue weighted by atomic mass is 35.5. The van der Waals surface area contributed by atoms with Gasteiger partial charge in [-0.15, -0.1) is 11.6 Å². The van der Waals surface area contributed by atoms with Crippen molar-refractivity contribution in [2.75, 3.05) is 7.11 Å². The Balaban J connectivity index is 3.16. The first kappa shape index (κ1) is 12.0. The Morgan fingerprint density at radius 1 is 1.60 bits per heavy atom. The molecule has 1 atom stereocenters. The summed E-state index contributed by atoms with van der Waals surface area (Å²) in [6.07, 6.45) is 0. The fourth-order valence-corrected chi connectivity index (χ4v) is 1.50. The van der Waals surface area contributed by atoms with Crippen LogP contribution in [0.25, 0.3) is 0 Å². The van der Waals surface area contributed by atoms with Crippen molar-refractivity contribution < 1.29 is 14.6 Å². The van der Waals surface area contributed by atoms with E-state index in [1.54, 1.807) is 18.2 Å². The second-order valence-electron chi connectivity index (χ2n) is 3.20. The number of halogens is 1. The smallest absolute Gasteiger partial charge is 0.152 e. The number of aliphatic hydroxyl groups is 1. The van der Waals surface area contributed by atoms with Crippen LogP contribution >= 0.6 is 11.6 Å². The van der Waals surface area contributed by atoms with Crippen molar-refractivity contribution in [3.05, 3.63) is 29.3 Å². The molecule has 3 nitrogen and oxygen atoms in total. The molecular weight excluding hydrogens is 216 g/mol. The Labute approximate surface area is 93.6 Å². The molecule has 0 bridgehead atoms. The minimum Gasteiger partial charge on any atom is -0.497 e. The molecule has 0 aromatic heterocycles. The minimum atomic E-state index is -0.734. The summed E-state index contributed by atoms with van der Waals surface area (Å²) in [5, 5.41) is 8.37. The predicted molar refractivity (Wildman–Crippen MR) is 58.2 cm³/mol. The summed E-state index contributed by atoms with van der Waals surface area (Å²) in [7, 11) is 1.54. The summed E-state index contributed by atoms with van der Waals surface area (Å²) in [6.45, 7) is 1.27. The van der Waals surface area contributed by atoms with E-state index in [2.05, 4.69) is 0 Å². The van der Waals surface area contributed by atoms with E-state index in [4.69, 9.17) is 21.4 Å². The zero-order chi connectivity index (χ0) is 11.4. The highest BCUT2D eigenvalue weighted by Crippen LogP contribution is 2.28. The number of aliphatic hydroxyl groups excluding tert-OH is 1. The topological polar surface area (TPSA) is 46.5 Å². The monoisotopic (exact) mass is 228 g/mol. The molecule has 4 heteroatoms. The molecule has 0 aliphatic rings. The molecule has 1 N–H and O–H groups in total. The Morgan fingerprint density at radius 3 is 2.73 bits per heavy atom. The lowest BCUT2D eigenvalue weighted by atomic mass is 10.0. The standard InChI is InChI=1S/C11H13ClO3/c1-7(14)11(12)10-5-9(15-2)4-3-8(10)6-13/h3-5,11,13H,6H2,1-2H3. The van der Waals surface area contributed by atoms with Gasteiger partial charge in [0.05, 0.1) is 13.7 Å². The molecule has 1 unspecified atom stereocenters. The third-order valence-electron chi connectivity index (χ3n) is 2.15. The van der Waals surface area contributed by atoms with E-state index in [1.807, 2.05) is 0 Å². The molecule has 0 saturated carbocycles. The van der Waals surface area contributed by atoms with E-state index >= 15 is 0 Å². The first-order valence-corrected chi connectivity index (χ1v) is 4.96. The molecule has 0 amide bonds. The molecule has 1 aromatic rings. The molecule has 82 valence electrons. The zero-order valence-electron chi connectivity index (χ0n) is 8.66. The summed E-state index contributed by atoms with van der Waals surface area (Å²) >= 11 is 5.94. The van der Waals surface area contributed by atoms with Crippen LogP contribution in [0.2, 0.25) is 0 Å². The Kier molecular flexibility index (Phi) is 4.12. The molecule has 0 fully saturated rings. The molecular formula is C11H13ClO3. The van der Waals surface area contributed by atoms with E-state index in [-0.39, 0.29) is 12.4 Å². The van der Waals surface area contributed by atoms with Crippen molar-refractivity contribution in [3.63, 3.8) is 0 Å². The number of benzene rings is 1. The molecule has 1 rings (SSSR count). The van der Waals surface area contributed by atoms with Crippen molar-refractivity contribution >= 4 is 17.4 Å². The first-order valence-electron chi connectivity index (χ1n) is 4.52. The maximum absolute atomic E-state index is 11.2. The number of ether oxygens (including phenoxy) is 1. The maximum Gasteiger partial charge on any atom is 0.152 e. The number of hydrogen-bond acceptors (Lipinski definition) is 3. The molecule has 15 heavy (non-hydrogen) atoms. The van der Waals surface area contributed by atoms with Crippen LogP contribution in [-0.2, 0) is 11.4 Å². The second kappa shape index (κ2) is 5.14. The highest BCUT2D eigenvalue weighted by Gasteiger charge is 2.17. The zero-order valence-corrected chi connectivity index (χ0v) is 9.41. The van der Waals surface area contributed by atoms with Gasteiger partial charge >= 0.3 is 0 Å². The van der Waals surface area contributed by atoms with Gasteiger partial charge in [0, 0.05) is 0 Å². The van der Waals surface area contributed by atoms with E-state index < -0.39 is 5.38 Å². The van der Waals surface area contributed by atoms with Gasteiger partial charge in [-0.05, 0) is 30.2 Å². The van der Waals surface area contributed by atoms with E-state index in [0.29, 0.717) is 16.9 Å². The van der Waals surface area contributed by atoms with E-state index in [9.17, 15) is 4.79 Å². The Bertz CT molecular complexity index is 363. The van der Waals surface area contributed by atoms with Gasteiger partial charge in [0.1, 0.15) is 11.1 Å². The number of Topliss-reactive ketones (excluding diaryl/α,β-unsaturated/α-hetero) is 1. The summed E-state index contributed by atoms with van der Waals surface area (Å²) in [4.78, 5) is 11.2. The van der Waals surface area contributed by atoms with Crippen LogP contribution in [-0.4, -0.2) is 18.0 Å². The van der Waals surface area contributed by atoms with Crippen LogP contribution in [0.15, 0.2) is 18.2 Å². The predicted octanol–water partition coefficient (Wildman–Crippen LogP) is 2.06. The molecule has 0 aliphatic heterocycles. The second-order valence-corrected chi connectivity index (χ2v) is 3.63. The fourth-order valence-electron chi connectivity index (χ4n) is 1.30. The van der Waals surface area contributed by atoms with Crippen molar-refractivity contribution in [2.45, 2.75) is 18.9 Å². The fraction of sp³-hybridized carbons (Fsp3) is 0.364. The maximum atomic E-state index is 11.2. The Hall–Kier alpha value is -1.06. The number of ketones is 1. The molecule has 0 radical (unpaired) electrons. The summed E-state index contributed by atoms with van der Waals surface area (Å²) in [5.74, 6) is 0.466. The highest BCUT2D eigenvalue weighted by molar-refractivity contribution is 6.30. The Morgan fingerprint density at radius 2 is 2.27 bits per heavy atom. The lowest BCUT2D eigenvalue weighted by Gasteiger charge is -2.12. The van der Waals surface area contributed by atoms with Crippen molar-refractivity contribution in [3.8, 4) is 5.75 Å². The third kappa shape index (κ3) is 2.70. The number of carbonyl (C=O) groups is 1. The molecule has 0 saturated heterocycles. The lowest BCUT2D eigenvalue weighted by Crippen LogP contribution is -2.05. The average Bonchev–Trinajstić information content (AvgIpc) is 2.27. The van der Waals surface area contributed by atoms with Gasteiger partial charge in [-0.1, -0.05) is 6.07 Å². The van der Waals surface area contributed by atoms with Gasteiger partial charge < -0.3 is 9.84 Å². The van der Waals surface area contributed by atoms with Crippen LogP contribution in [0.4, 0.5) is 0 Å². The largest absolute Gasteiger partial charge is 0.497 e. The van der Waals surface area contributed by atoms with Gasteiger partial charge in [-0.2, -0.15) is 0 Å². The average molecular weight is 229 g/mol. The van der Waals surface area contributed by atoms with Gasteiger partial charge in [-0.25, -0.2) is 0 Å². The molecule has 1 aromatic carbocycles. The van der Waals surface area contributed by atoms with Crippen molar-refractivity contribution in [1.82, 2.24) is 0 Å². The van der Waals surface area contributed by atoms with Crippen molar-refractivity contribution in [2.24, 2.45) is 0 Å². The summed E-state index contributed by atoms with van der Waals surface area (Å²) in [5.41, 5.74) is 1.25. The molecule has 0 aliphatic carbocycles. The van der Waals surface area contributed by atoms with E-state index in [1.165, 1.54) is 14.0 Å². The molecule has 0 spiro atoms. The van der Waals surface area contributed by atoms with Crippen molar-refractivity contribution in [1.29, 1.82) is 0 Å². The summed E-state index contributed by atoms with van der Waals surface area (Å²) < 4.78 is 5.03. The number of hydrogen-bond donors (Lipinski definition) is 1. The van der Waals surface area contributed by atoms with Crippen LogP contribution < -0.4 is 4.74 Å². The normalized spacial score (nSPS) is 12.3. The number of alkyl halides is 1. The van der Waals surface area contributed by atoms with Gasteiger partial charge in [-0.3, -0.25) is 4.79 Å². The third-order valence-corrected chi connectivity index (χ3v) is 2.70. The molecule has 0 heterocycles. The van der Waals surface area contributed by atoms with Crippen LogP contribution in [0, 0.1) is 0 Å². The van der Waals surface area contributed by atoms with Crippen LogP contribution in [0.3, 0.4) is 0 Å². The number of rotatable bonds is 4. The number of carbonyl (C=O) groups excluding carboxylic acids is 1. The van der Waals surface area contributed by atoms with Crippen LogP contribution in [0.5, 0.6) is 5.75 Å². The quantitative estimate of drug-likeness (QED) is 0.803. The van der Waals surface area contributed by atoms with Gasteiger partial charge in [0.2, 0.25) is 0 Å². The van der Waals surface area contributed by atoms with Gasteiger partial charge in [0.15, 0.2) is 5.78 Å². The van der Waals surface area contributed by atoms with Gasteiger partial charge in [0.25, 0.3) is 0 Å². The lowest BCUT2D eigenvalue weighted by molar-refractivity contribution is -0.116. The SMILES string of the molecule is COc1ccc(CO)c(C(Cl)C(C)=O)c1. The first-order chi connectivity index (χ1) is 7.10.